The van der Waals surface area contributed by atoms with Gasteiger partial charge in [0.25, 0.3) is 0 Å². The molecule has 1 atom stereocenters. The number of carbonyl (C=O) groups is 2. The number of thiophene rings is 1. The molecule has 0 spiro atoms. The predicted molar refractivity (Wildman–Crippen MR) is 122 cm³/mol. The Morgan fingerprint density at radius 3 is 2.80 bits per heavy atom. The highest BCUT2D eigenvalue weighted by Crippen LogP contribution is 2.29. The van der Waals surface area contributed by atoms with Crippen LogP contribution in [0.4, 0.5) is 10.5 Å². The Balaban J connectivity index is 1.29. The van der Waals surface area contributed by atoms with Crippen molar-refractivity contribution in [3.05, 3.63) is 57.7 Å². The predicted octanol–water partition coefficient (Wildman–Crippen LogP) is 4.74. The van der Waals surface area contributed by atoms with E-state index in [-0.39, 0.29) is 17.9 Å². The second-order valence-corrected chi connectivity index (χ2v) is 9.55. The van der Waals surface area contributed by atoms with Crippen LogP contribution in [0.5, 0.6) is 0 Å². The molecule has 1 aliphatic heterocycles. The summed E-state index contributed by atoms with van der Waals surface area (Å²) in [7, 11) is 0. The van der Waals surface area contributed by atoms with Gasteiger partial charge in [-0.25, -0.2) is 9.78 Å². The van der Waals surface area contributed by atoms with E-state index in [2.05, 4.69) is 27.1 Å². The molecule has 1 aromatic carbocycles. The average molecular weight is 441 g/mol. The molecule has 1 aliphatic rings. The molecule has 8 heteroatoms. The zero-order valence-electron chi connectivity index (χ0n) is 16.8. The summed E-state index contributed by atoms with van der Waals surface area (Å²) in [5.41, 5.74) is 1.75. The summed E-state index contributed by atoms with van der Waals surface area (Å²) in [4.78, 5) is 33.7. The van der Waals surface area contributed by atoms with E-state index in [9.17, 15) is 9.59 Å². The van der Waals surface area contributed by atoms with Crippen LogP contribution in [0.3, 0.4) is 0 Å². The SMILES string of the molecule is Cc1nc(-c2ccc(CNC(=O)[C@H]3CCCN(C(=O)Nc4ccccc4)C3)s2)cs1. The highest BCUT2D eigenvalue weighted by molar-refractivity contribution is 7.16. The number of urea groups is 1. The number of anilines is 1. The summed E-state index contributed by atoms with van der Waals surface area (Å²) in [6.07, 6.45) is 1.63. The third-order valence-electron chi connectivity index (χ3n) is 5.07. The minimum Gasteiger partial charge on any atom is -0.351 e. The summed E-state index contributed by atoms with van der Waals surface area (Å²) in [5.74, 6) is -0.174. The Kier molecular flexibility index (Phi) is 6.44. The Morgan fingerprint density at radius 1 is 1.20 bits per heavy atom. The highest BCUT2D eigenvalue weighted by atomic mass is 32.1. The molecule has 3 amide bonds. The lowest BCUT2D eigenvalue weighted by molar-refractivity contribution is -0.126. The van der Waals surface area contributed by atoms with Crippen LogP contribution < -0.4 is 10.6 Å². The van der Waals surface area contributed by atoms with Crippen LogP contribution in [0.2, 0.25) is 0 Å². The third kappa shape index (κ3) is 5.06. The molecule has 30 heavy (non-hydrogen) atoms. The van der Waals surface area contributed by atoms with Crippen LogP contribution in [0.25, 0.3) is 10.6 Å². The van der Waals surface area contributed by atoms with Gasteiger partial charge in [-0.05, 0) is 44.0 Å². The second-order valence-electron chi connectivity index (χ2n) is 7.32. The van der Waals surface area contributed by atoms with E-state index >= 15 is 0 Å². The zero-order valence-corrected chi connectivity index (χ0v) is 18.4. The number of para-hydroxylation sites is 1. The summed E-state index contributed by atoms with van der Waals surface area (Å²) in [5, 5.41) is 9.05. The van der Waals surface area contributed by atoms with Gasteiger partial charge >= 0.3 is 6.03 Å². The topological polar surface area (TPSA) is 74.3 Å². The van der Waals surface area contributed by atoms with Gasteiger partial charge in [0.15, 0.2) is 0 Å². The third-order valence-corrected chi connectivity index (χ3v) is 6.96. The van der Waals surface area contributed by atoms with Crippen LogP contribution in [0.15, 0.2) is 47.8 Å². The van der Waals surface area contributed by atoms with E-state index in [1.54, 1.807) is 27.6 Å². The Morgan fingerprint density at radius 2 is 2.03 bits per heavy atom. The molecule has 156 valence electrons. The molecule has 2 aromatic heterocycles. The monoisotopic (exact) mass is 440 g/mol. The smallest absolute Gasteiger partial charge is 0.321 e. The number of aromatic nitrogens is 1. The number of thiazole rings is 1. The first-order chi connectivity index (χ1) is 14.6. The number of aryl methyl sites for hydroxylation is 1. The van der Waals surface area contributed by atoms with Gasteiger partial charge in [0.1, 0.15) is 0 Å². The van der Waals surface area contributed by atoms with Gasteiger partial charge in [0.05, 0.1) is 28.0 Å². The number of benzene rings is 1. The molecule has 4 rings (SSSR count). The Hall–Kier alpha value is -2.71. The maximum atomic E-state index is 12.7. The van der Waals surface area contributed by atoms with Crippen molar-refractivity contribution in [2.24, 2.45) is 5.92 Å². The fraction of sp³-hybridized carbons (Fsp3) is 0.318. The van der Waals surface area contributed by atoms with E-state index in [1.807, 2.05) is 43.3 Å². The molecule has 1 saturated heterocycles. The highest BCUT2D eigenvalue weighted by Gasteiger charge is 2.28. The molecule has 0 radical (unpaired) electrons. The van der Waals surface area contributed by atoms with E-state index in [0.29, 0.717) is 19.6 Å². The van der Waals surface area contributed by atoms with Gasteiger partial charge in [-0.1, -0.05) is 18.2 Å². The van der Waals surface area contributed by atoms with Crippen molar-refractivity contribution < 1.29 is 9.59 Å². The fourth-order valence-corrected chi connectivity index (χ4v) is 5.10. The zero-order chi connectivity index (χ0) is 20.9. The molecular formula is C22H24N4O2S2. The van der Waals surface area contributed by atoms with E-state index in [1.165, 1.54) is 0 Å². The molecule has 2 N–H and O–H groups in total. The summed E-state index contributed by atoms with van der Waals surface area (Å²) in [6.45, 7) is 3.61. The van der Waals surface area contributed by atoms with Crippen LogP contribution in [-0.4, -0.2) is 34.9 Å². The number of hydrogen-bond donors (Lipinski definition) is 2. The van der Waals surface area contributed by atoms with Crippen LogP contribution in [-0.2, 0) is 11.3 Å². The molecule has 0 unspecified atom stereocenters. The van der Waals surface area contributed by atoms with Crippen molar-refractivity contribution in [2.45, 2.75) is 26.3 Å². The van der Waals surface area contributed by atoms with Crippen molar-refractivity contribution in [3.63, 3.8) is 0 Å². The number of amides is 3. The van der Waals surface area contributed by atoms with Gasteiger partial charge in [-0.3, -0.25) is 4.79 Å². The maximum absolute atomic E-state index is 12.7. The molecule has 3 heterocycles. The number of carbonyl (C=O) groups excluding carboxylic acids is 2. The van der Waals surface area contributed by atoms with Crippen molar-refractivity contribution in [1.29, 1.82) is 0 Å². The molecule has 0 saturated carbocycles. The number of nitrogens with zero attached hydrogens (tertiary/aromatic N) is 2. The van der Waals surface area contributed by atoms with Crippen molar-refractivity contribution in [2.75, 3.05) is 18.4 Å². The molecule has 0 aliphatic carbocycles. The minimum absolute atomic E-state index is 0.00617. The van der Waals surface area contributed by atoms with Crippen LogP contribution in [0, 0.1) is 12.8 Å². The first-order valence-corrected chi connectivity index (χ1v) is 11.7. The number of likely N-dealkylation sites (tertiary alicyclic amines) is 1. The second kappa shape index (κ2) is 9.40. The quantitative estimate of drug-likeness (QED) is 0.602. The first kappa shape index (κ1) is 20.6. The largest absolute Gasteiger partial charge is 0.351 e. The Labute approximate surface area is 184 Å². The lowest BCUT2D eigenvalue weighted by Gasteiger charge is -2.32. The van der Waals surface area contributed by atoms with E-state index < -0.39 is 0 Å². The maximum Gasteiger partial charge on any atom is 0.321 e. The number of hydrogen-bond acceptors (Lipinski definition) is 5. The van der Waals surface area contributed by atoms with Gasteiger partial charge < -0.3 is 15.5 Å². The number of nitrogens with one attached hydrogen (secondary N) is 2. The summed E-state index contributed by atoms with van der Waals surface area (Å²) >= 11 is 3.29. The van der Waals surface area contributed by atoms with Gasteiger partial charge in [-0.2, -0.15) is 0 Å². The number of rotatable bonds is 5. The molecule has 1 fully saturated rings. The number of piperidine rings is 1. The minimum atomic E-state index is -0.180. The van der Waals surface area contributed by atoms with Gasteiger partial charge in [0.2, 0.25) is 5.91 Å². The average Bonchev–Trinajstić information content (AvgIpc) is 3.41. The molecule has 3 aromatic rings. The van der Waals surface area contributed by atoms with Crippen molar-refractivity contribution in [3.8, 4) is 10.6 Å². The first-order valence-electron chi connectivity index (χ1n) is 9.98. The van der Waals surface area contributed by atoms with E-state index in [4.69, 9.17) is 0 Å². The lowest BCUT2D eigenvalue weighted by Crippen LogP contribution is -2.46. The molecule has 6 nitrogen and oxygen atoms in total. The van der Waals surface area contributed by atoms with Crippen molar-refractivity contribution >= 4 is 40.3 Å². The fourth-order valence-electron chi connectivity index (χ4n) is 3.51. The van der Waals surface area contributed by atoms with Crippen LogP contribution in [0.1, 0.15) is 22.7 Å². The molecular weight excluding hydrogens is 416 g/mol. The van der Waals surface area contributed by atoms with Crippen LogP contribution >= 0.6 is 22.7 Å². The van der Waals surface area contributed by atoms with Gasteiger partial charge in [0, 0.05) is 29.0 Å². The normalized spacial score (nSPS) is 16.3. The molecule has 0 bridgehead atoms. The van der Waals surface area contributed by atoms with E-state index in [0.717, 1.165) is 39.0 Å². The summed E-state index contributed by atoms with van der Waals surface area (Å²) < 4.78 is 0. The summed E-state index contributed by atoms with van der Waals surface area (Å²) in [6, 6.07) is 13.3. The Bertz CT molecular complexity index is 1020. The van der Waals surface area contributed by atoms with Gasteiger partial charge in [-0.15, -0.1) is 22.7 Å². The van der Waals surface area contributed by atoms with Crippen molar-refractivity contribution in [1.82, 2.24) is 15.2 Å². The standard InChI is InChI=1S/C22H24N4O2S2/c1-15-24-19(14-29-15)20-10-9-18(30-20)12-23-21(27)16-6-5-11-26(13-16)22(28)25-17-7-3-2-4-8-17/h2-4,7-10,14,16H,5-6,11-13H2,1H3,(H,23,27)(H,25,28)/t16-/m0/s1. The lowest BCUT2D eigenvalue weighted by atomic mass is 9.97.